The van der Waals surface area contributed by atoms with Crippen LogP contribution in [0.5, 0.6) is 0 Å². The summed E-state index contributed by atoms with van der Waals surface area (Å²) in [6, 6.07) is 17.2. The van der Waals surface area contributed by atoms with Crippen molar-refractivity contribution in [1.29, 1.82) is 0 Å². The van der Waals surface area contributed by atoms with Crippen molar-refractivity contribution in [3.63, 3.8) is 0 Å². The molecule has 0 spiro atoms. The molecule has 2 N–H and O–H groups in total. The molecule has 0 radical (unpaired) electrons. The minimum absolute atomic E-state index is 0.661. The van der Waals surface area contributed by atoms with Gasteiger partial charge in [-0.05, 0) is 17.5 Å². The fraction of sp³-hybridized carbons (Fsp3) is 0.421. The van der Waals surface area contributed by atoms with E-state index in [1.165, 1.54) is 37.4 Å². The van der Waals surface area contributed by atoms with Gasteiger partial charge in [-0.2, -0.15) is 0 Å². The molecule has 22 heavy (non-hydrogen) atoms. The van der Waals surface area contributed by atoms with Gasteiger partial charge in [0.1, 0.15) is 26.2 Å². The number of pyridine rings is 1. The molecule has 1 aliphatic heterocycles. The molecule has 0 aliphatic carbocycles. The monoisotopic (exact) mass is 297 g/mol. The molecule has 0 saturated carbocycles. The number of aromatic amines is 1. The zero-order valence-electron chi connectivity index (χ0n) is 13.5. The SMILES string of the molecule is C[C@@H](CC[NH+]1CCN(c2cccc[nH+]2)CC1)c1ccccc1. The van der Waals surface area contributed by atoms with Crippen molar-refractivity contribution in [1.82, 2.24) is 0 Å². The van der Waals surface area contributed by atoms with Crippen LogP contribution in [0.3, 0.4) is 0 Å². The Kier molecular flexibility index (Phi) is 5.07. The molecule has 0 unspecified atom stereocenters. The summed E-state index contributed by atoms with van der Waals surface area (Å²) in [6.07, 6.45) is 3.28. The Bertz CT molecular complexity index is 547. The van der Waals surface area contributed by atoms with E-state index in [2.05, 4.69) is 59.3 Å². The number of nitrogens with zero attached hydrogens (tertiary/aromatic N) is 1. The average Bonchev–Trinajstić information content (AvgIpc) is 2.61. The summed E-state index contributed by atoms with van der Waals surface area (Å²) in [5, 5.41) is 0. The molecule has 0 bridgehead atoms. The lowest BCUT2D eigenvalue weighted by molar-refractivity contribution is -0.901. The molecule has 1 aromatic carbocycles. The topological polar surface area (TPSA) is 21.8 Å². The van der Waals surface area contributed by atoms with E-state index in [1.54, 1.807) is 4.90 Å². The van der Waals surface area contributed by atoms with Crippen LogP contribution in [0.4, 0.5) is 5.82 Å². The van der Waals surface area contributed by atoms with E-state index in [0.29, 0.717) is 5.92 Å². The van der Waals surface area contributed by atoms with E-state index < -0.39 is 0 Å². The highest BCUT2D eigenvalue weighted by Gasteiger charge is 2.25. The number of rotatable bonds is 5. The summed E-state index contributed by atoms with van der Waals surface area (Å²) in [4.78, 5) is 7.55. The highest BCUT2D eigenvalue weighted by Crippen LogP contribution is 2.17. The number of hydrogen-bond donors (Lipinski definition) is 1. The quantitative estimate of drug-likeness (QED) is 0.885. The number of aromatic nitrogens is 1. The Hall–Kier alpha value is -1.87. The van der Waals surface area contributed by atoms with Crippen LogP contribution in [-0.2, 0) is 0 Å². The van der Waals surface area contributed by atoms with Crippen molar-refractivity contribution < 1.29 is 9.88 Å². The van der Waals surface area contributed by atoms with E-state index in [1.807, 2.05) is 12.3 Å². The van der Waals surface area contributed by atoms with E-state index in [4.69, 9.17) is 0 Å². The lowest BCUT2D eigenvalue weighted by atomic mass is 9.97. The lowest BCUT2D eigenvalue weighted by Crippen LogP contribution is -3.15. The second-order valence-corrected chi connectivity index (χ2v) is 6.34. The number of hydrogen-bond acceptors (Lipinski definition) is 1. The van der Waals surface area contributed by atoms with Gasteiger partial charge in [0.05, 0.1) is 12.7 Å². The van der Waals surface area contributed by atoms with Crippen LogP contribution in [0.2, 0.25) is 0 Å². The zero-order chi connectivity index (χ0) is 15.2. The Morgan fingerprint density at radius 1 is 1.05 bits per heavy atom. The van der Waals surface area contributed by atoms with E-state index in [-0.39, 0.29) is 0 Å². The van der Waals surface area contributed by atoms with Gasteiger partial charge in [-0.25, -0.2) is 4.98 Å². The zero-order valence-corrected chi connectivity index (χ0v) is 13.5. The summed E-state index contributed by atoms with van der Waals surface area (Å²) in [5.74, 6) is 1.91. The lowest BCUT2D eigenvalue weighted by Gasteiger charge is -2.29. The van der Waals surface area contributed by atoms with Crippen molar-refractivity contribution in [2.45, 2.75) is 19.3 Å². The van der Waals surface area contributed by atoms with Crippen molar-refractivity contribution in [3.05, 3.63) is 60.3 Å². The third-order valence-corrected chi connectivity index (χ3v) is 4.80. The van der Waals surface area contributed by atoms with Gasteiger partial charge in [-0.3, -0.25) is 4.90 Å². The Morgan fingerprint density at radius 3 is 2.45 bits per heavy atom. The number of quaternary nitrogens is 1. The summed E-state index contributed by atoms with van der Waals surface area (Å²) in [6.45, 7) is 8.41. The minimum Gasteiger partial charge on any atom is -0.328 e. The smallest absolute Gasteiger partial charge is 0.274 e. The van der Waals surface area contributed by atoms with Crippen LogP contribution in [0.1, 0.15) is 24.8 Å². The normalized spacial score (nSPS) is 17.4. The molecule has 2 heterocycles. The third-order valence-electron chi connectivity index (χ3n) is 4.80. The molecular weight excluding hydrogens is 270 g/mol. The second kappa shape index (κ2) is 7.41. The van der Waals surface area contributed by atoms with Gasteiger partial charge in [0, 0.05) is 12.5 Å². The van der Waals surface area contributed by atoms with Crippen LogP contribution in [-0.4, -0.2) is 32.7 Å². The Morgan fingerprint density at radius 2 is 1.77 bits per heavy atom. The van der Waals surface area contributed by atoms with Gasteiger partial charge in [-0.1, -0.05) is 43.3 Å². The molecule has 1 saturated heterocycles. The van der Waals surface area contributed by atoms with Gasteiger partial charge >= 0.3 is 0 Å². The average molecular weight is 297 g/mol. The van der Waals surface area contributed by atoms with Crippen molar-refractivity contribution in [2.75, 3.05) is 37.6 Å². The van der Waals surface area contributed by atoms with Gasteiger partial charge in [-0.15, -0.1) is 0 Å². The van der Waals surface area contributed by atoms with Gasteiger partial charge in [0.2, 0.25) is 0 Å². The first-order chi connectivity index (χ1) is 10.8. The van der Waals surface area contributed by atoms with Crippen molar-refractivity contribution in [3.8, 4) is 0 Å². The van der Waals surface area contributed by atoms with Crippen LogP contribution in [0.25, 0.3) is 0 Å². The van der Waals surface area contributed by atoms with Crippen LogP contribution in [0.15, 0.2) is 54.7 Å². The number of nitrogens with one attached hydrogen (secondary N) is 2. The van der Waals surface area contributed by atoms with Gasteiger partial charge in [0.25, 0.3) is 5.82 Å². The molecule has 1 fully saturated rings. The second-order valence-electron chi connectivity index (χ2n) is 6.34. The first kappa shape index (κ1) is 15.0. The maximum Gasteiger partial charge on any atom is 0.274 e. The van der Waals surface area contributed by atoms with Crippen LogP contribution < -0.4 is 14.8 Å². The molecule has 1 aliphatic rings. The molecular formula is C19H27N3+2. The van der Waals surface area contributed by atoms with Crippen LogP contribution >= 0.6 is 0 Å². The fourth-order valence-corrected chi connectivity index (χ4v) is 3.26. The Balaban J connectivity index is 1.44. The molecule has 3 heteroatoms. The first-order valence-corrected chi connectivity index (χ1v) is 8.43. The molecule has 3 nitrogen and oxygen atoms in total. The minimum atomic E-state index is 0.661. The van der Waals surface area contributed by atoms with Gasteiger partial charge < -0.3 is 4.90 Å². The molecule has 1 aromatic heterocycles. The first-order valence-electron chi connectivity index (χ1n) is 8.43. The highest BCUT2D eigenvalue weighted by atomic mass is 15.3. The summed E-state index contributed by atoms with van der Waals surface area (Å²) >= 11 is 0. The summed E-state index contributed by atoms with van der Waals surface area (Å²) in [5.41, 5.74) is 1.47. The Labute approximate surface area is 133 Å². The summed E-state index contributed by atoms with van der Waals surface area (Å²) in [7, 11) is 0. The predicted molar refractivity (Wildman–Crippen MR) is 90.2 cm³/mol. The predicted octanol–water partition coefficient (Wildman–Crippen LogP) is 1.40. The van der Waals surface area contributed by atoms with E-state index in [9.17, 15) is 0 Å². The molecule has 1 atom stereocenters. The standard InChI is InChI=1S/C19H25N3/c1-17(18-7-3-2-4-8-18)10-12-21-13-15-22(16-14-21)19-9-5-6-11-20-19/h2-9,11,17H,10,12-16H2,1H3/p+2/t17-/m0/s1. The molecule has 0 amide bonds. The molecule has 2 aromatic rings. The fourth-order valence-electron chi connectivity index (χ4n) is 3.26. The number of H-pyrrole nitrogens is 1. The maximum absolute atomic E-state index is 3.34. The van der Waals surface area contributed by atoms with Crippen molar-refractivity contribution >= 4 is 5.82 Å². The molecule has 116 valence electrons. The summed E-state index contributed by atoms with van der Waals surface area (Å²) < 4.78 is 0. The highest BCUT2D eigenvalue weighted by molar-refractivity contribution is 5.31. The largest absolute Gasteiger partial charge is 0.328 e. The van der Waals surface area contributed by atoms with E-state index >= 15 is 0 Å². The number of anilines is 1. The van der Waals surface area contributed by atoms with Crippen LogP contribution in [0, 0.1) is 0 Å². The van der Waals surface area contributed by atoms with Gasteiger partial charge in [0.15, 0.2) is 0 Å². The third kappa shape index (κ3) is 3.86. The number of benzene rings is 1. The maximum atomic E-state index is 3.34. The van der Waals surface area contributed by atoms with Crippen molar-refractivity contribution in [2.24, 2.45) is 0 Å². The molecule has 3 rings (SSSR count). The van der Waals surface area contributed by atoms with E-state index in [0.717, 1.165) is 13.1 Å². The number of piperazine rings is 1.